The third-order valence-electron chi connectivity index (χ3n) is 3.03. The smallest absolute Gasteiger partial charge is 0.125 e. The van der Waals surface area contributed by atoms with Gasteiger partial charge in [-0.05, 0) is 45.9 Å². The molecule has 0 saturated carbocycles. The van der Waals surface area contributed by atoms with Crippen molar-refractivity contribution in [3.63, 3.8) is 0 Å². The molecule has 0 unspecified atom stereocenters. The highest BCUT2D eigenvalue weighted by atomic mass is 19.1. The number of nitrogen functional groups attached to an aromatic ring is 1. The minimum Gasteiger partial charge on any atom is -0.397 e. The number of hydrogen-bond acceptors (Lipinski definition) is 3. The molecule has 102 valence electrons. The Hall–Kier alpha value is -1.29. The van der Waals surface area contributed by atoms with Crippen LogP contribution in [0.2, 0.25) is 0 Å². The molecule has 1 aromatic carbocycles. The molecule has 0 amide bonds. The Morgan fingerprint density at radius 3 is 2.33 bits per heavy atom. The highest BCUT2D eigenvalue weighted by molar-refractivity contribution is 5.65. The zero-order chi connectivity index (χ0) is 13.7. The molecule has 0 bridgehead atoms. The van der Waals surface area contributed by atoms with Crippen molar-refractivity contribution >= 4 is 11.4 Å². The van der Waals surface area contributed by atoms with E-state index < -0.39 is 0 Å². The lowest BCUT2D eigenvalue weighted by atomic mass is 10.2. The molecule has 0 aliphatic carbocycles. The normalized spacial score (nSPS) is 11.6. The molecule has 3 N–H and O–H groups in total. The minimum absolute atomic E-state index is 0.302. The Morgan fingerprint density at radius 2 is 1.83 bits per heavy atom. The van der Waals surface area contributed by atoms with Gasteiger partial charge < -0.3 is 11.1 Å². The lowest BCUT2D eigenvalue weighted by Gasteiger charge is -2.30. The van der Waals surface area contributed by atoms with Gasteiger partial charge in [-0.15, -0.1) is 0 Å². The van der Waals surface area contributed by atoms with Crippen molar-refractivity contribution in [2.45, 2.75) is 39.8 Å². The van der Waals surface area contributed by atoms with Crippen LogP contribution in [0.4, 0.5) is 15.8 Å². The van der Waals surface area contributed by atoms with Crippen molar-refractivity contribution in [2.24, 2.45) is 0 Å². The van der Waals surface area contributed by atoms with Crippen LogP contribution in [0.15, 0.2) is 18.2 Å². The summed E-state index contributed by atoms with van der Waals surface area (Å²) in [5.74, 6) is -0.302. The van der Waals surface area contributed by atoms with Gasteiger partial charge in [-0.3, -0.25) is 4.90 Å². The van der Waals surface area contributed by atoms with Gasteiger partial charge in [-0.1, -0.05) is 0 Å². The van der Waals surface area contributed by atoms with Gasteiger partial charge in [0.15, 0.2) is 0 Å². The first-order valence-corrected chi connectivity index (χ1v) is 6.46. The largest absolute Gasteiger partial charge is 0.397 e. The first-order chi connectivity index (χ1) is 8.41. The van der Waals surface area contributed by atoms with Gasteiger partial charge in [0.1, 0.15) is 5.82 Å². The quantitative estimate of drug-likeness (QED) is 0.766. The Kier molecular flexibility index (Phi) is 5.41. The number of halogens is 1. The summed E-state index contributed by atoms with van der Waals surface area (Å²) < 4.78 is 12.9. The number of rotatable bonds is 6. The van der Waals surface area contributed by atoms with Crippen LogP contribution in [0.5, 0.6) is 0 Å². The van der Waals surface area contributed by atoms with Gasteiger partial charge in [0.2, 0.25) is 0 Å². The summed E-state index contributed by atoms with van der Waals surface area (Å²) in [7, 11) is 0. The first kappa shape index (κ1) is 14.8. The minimum atomic E-state index is -0.302. The van der Waals surface area contributed by atoms with Crippen LogP contribution in [-0.4, -0.2) is 30.1 Å². The van der Waals surface area contributed by atoms with Crippen molar-refractivity contribution < 1.29 is 4.39 Å². The average Bonchev–Trinajstić information content (AvgIpc) is 2.25. The summed E-state index contributed by atoms with van der Waals surface area (Å²) in [6, 6.07) is 5.46. The van der Waals surface area contributed by atoms with E-state index >= 15 is 0 Å². The van der Waals surface area contributed by atoms with Gasteiger partial charge in [0.25, 0.3) is 0 Å². The molecule has 0 aliphatic heterocycles. The maximum absolute atomic E-state index is 12.9. The van der Waals surface area contributed by atoms with Gasteiger partial charge >= 0.3 is 0 Å². The molecule has 0 spiro atoms. The zero-order valence-corrected chi connectivity index (χ0v) is 11.7. The maximum atomic E-state index is 12.9. The molecule has 4 heteroatoms. The van der Waals surface area contributed by atoms with Crippen molar-refractivity contribution in [2.75, 3.05) is 24.1 Å². The highest BCUT2D eigenvalue weighted by Gasteiger charge is 2.12. The fraction of sp³-hybridized carbons (Fsp3) is 0.571. The molecule has 0 radical (unpaired) electrons. The third kappa shape index (κ3) is 4.18. The summed E-state index contributed by atoms with van der Waals surface area (Å²) in [5, 5.41) is 3.25. The lowest BCUT2D eigenvalue weighted by Crippen LogP contribution is -2.40. The van der Waals surface area contributed by atoms with Gasteiger partial charge in [0, 0.05) is 25.2 Å². The molecular formula is C14H24FN3. The van der Waals surface area contributed by atoms with Crippen LogP contribution >= 0.6 is 0 Å². The fourth-order valence-electron chi connectivity index (χ4n) is 2.13. The fourth-order valence-corrected chi connectivity index (χ4v) is 2.13. The van der Waals surface area contributed by atoms with E-state index in [4.69, 9.17) is 5.73 Å². The van der Waals surface area contributed by atoms with Gasteiger partial charge in [-0.25, -0.2) is 4.39 Å². The number of anilines is 2. The number of nitrogens with one attached hydrogen (secondary N) is 1. The van der Waals surface area contributed by atoms with Crippen LogP contribution in [0, 0.1) is 5.82 Å². The molecular weight excluding hydrogens is 229 g/mol. The third-order valence-corrected chi connectivity index (χ3v) is 3.03. The Morgan fingerprint density at radius 1 is 1.22 bits per heavy atom. The predicted molar refractivity (Wildman–Crippen MR) is 76.3 cm³/mol. The van der Waals surface area contributed by atoms with Crippen LogP contribution in [-0.2, 0) is 0 Å². The van der Waals surface area contributed by atoms with Gasteiger partial charge in [-0.2, -0.15) is 0 Å². The SMILES string of the molecule is CC(C)N(CCNc1ccc(F)cc1N)C(C)C. The summed E-state index contributed by atoms with van der Waals surface area (Å²) in [4.78, 5) is 2.40. The van der Waals surface area contributed by atoms with E-state index in [0.717, 1.165) is 18.8 Å². The van der Waals surface area contributed by atoms with E-state index in [1.807, 2.05) is 0 Å². The van der Waals surface area contributed by atoms with E-state index in [2.05, 4.69) is 37.9 Å². The Labute approximate surface area is 109 Å². The van der Waals surface area contributed by atoms with E-state index in [0.29, 0.717) is 17.8 Å². The highest BCUT2D eigenvalue weighted by Crippen LogP contribution is 2.18. The second-order valence-electron chi connectivity index (χ2n) is 5.08. The molecule has 0 atom stereocenters. The molecule has 1 aromatic rings. The van der Waals surface area contributed by atoms with Crippen LogP contribution in [0.1, 0.15) is 27.7 Å². The monoisotopic (exact) mass is 253 g/mol. The number of nitrogens with two attached hydrogens (primary N) is 1. The van der Waals surface area contributed by atoms with Crippen molar-refractivity contribution in [3.8, 4) is 0 Å². The first-order valence-electron chi connectivity index (χ1n) is 6.46. The molecule has 0 saturated heterocycles. The van der Waals surface area contributed by atoms with Crippen molar-refractivity contribution in [1.82, 2.24) is 4.90 Å². The number of benzene rings is 1. The van der Waals surface area contributed by atoms with Crippen LogP contribution in [0.3, 0.4) is 0 Å². The molecule has 0 heterocycles. The lowest BCUT2D eigenvalue weighted by molar-refractivity contribution is 0.182. The summed E-state index contributed by atoms with van der Waals surface area (Å²) in [6.45, 7) is 10.5. The summed E-state index contributed by atoms with van der Waals surface area (Å²) in [6.07, 6.45) is 0. The summed E-state index contributed by atoms with van der Waals surface area (Å²) in [5.41, 5.74) is 6.99. The predicted octanol–water partition coefficient (Wildman–Crippen LogP) is 2.94. The molecule has 3 nitrogen and oxygen atoms in total. The van der Waals surface area contributed by atoms with Crippen molar-refractivity contribution in [1.29, 1.82) is 0 Å². The maximum Gasteiger partial charge on any atom is 0.125 e. The Balaban J connectivity index is 2.50. The summed E-state index contributed by atoms with van der Waals surface area (Å²) >= 11 is 0. The second kappa shape index (κ2) is 6.59. The zero-order valence-electron chi connectivity index (χ0n) is 11.7. The van der Waals surface area contributed by atoms with Crippen molar-refractivity contribution in [3.05, 3.63) is 24.0 Å². The molecule has 18 heavy (non-hydrogen) atoms. The number of nitrogens with zero attached hydrogens (tertiary/aromatic N) is 1. The standard InChI is InChI=1S/C14H24FN3/c1-10(2)18(11(3)4)8-7-17-14-6-5-12(15)9-13(14)16/h5-6,9-11,17H,7-8,16H2,1-4H3. The molecule has 0 fully saturated rings. The molecule has 1 rings (SSSR count). The van der Waals surface area contributed by atoms with Crippen LogP contribution in [0.25, 0.3) is 0 Å². The van der Waals surface area contributed by atoms with Crippen LogP contribution < -0.4 is 11.1 Å². The average molecular weight is 253 g/mol. The van der Waals surface area contributed by atoms with Gasteiger partial charge in [0.05, 0.1) is 11.4 Å². The topological polar surface area (TPSA) is 41.3 Å². The second-order valence-corrected chi connectivity index (χ2v) is 5.08. The number of hydrogen-bond donors (Lipinski definition) is 2. The molecule has 0 aliphatic rings. The Bertz CT molecular complexity index is 369. The van der Waals surface area contributed by atoms with E-state index in [-0.39, 0.29) is 5.82 Å². The molecule has 0 aromatic heterocycles. The van der Waals surface area contributed by atoms with E-state index in [9.17, 15) is 4.39 Å². The van der Waals surface area contributed by atoms with E-state index in [1.54, 1.807) is 6.07 Å². The van der Waals surface area contributed by atoms with E-state index in [1.165, 1.54) is 12.1 Å².